The van der Waals surface area contributed by atoms with Crippen molar-refractivity contribution in [3.63, 3.8) is 0 Å². The van der Waals surface area contributed by atoms with Crippen molar-refractivity contribution in [2.75, 3.05) is 7.11 Å². The monoisotopic (exact) mass is 207 g/mol. The zero-order valence-electron chi connectivity index (χ0n) is 9.63. The Hall–Kier alpha value is -1.35. The summed E-state index contributed by atoms with van der Waals surface area (Å²) >= 11 is 0. The molecular formula is C12H17NO2. The highest BCUT2D eigenvalue weighted by Crippen LogP contribution is 2.23. The smallest absolute Gasteiger partial charge is 0.179 e. The van der Waals surface area contributed by atoms with Gasteiger partial charge in [0.25, 0.3) is 0 Å². The number of carbonyl (C=O) groups is 1. The molecule has 0 radical (unpaired) electrons. The van der Waals surface area contributed by atoms with Gasteiger partial charge in [0.2, 0.25) is 0 Å². The van der Waals surface area contributed by atoms with E-state index < -0.39 is 6.04 Å². The van der Waals surface area contributed by atoms with Crippen LogP contribution in [0.15, 0.2) is 12.1 Å². The van der Waals surface area contributed by atoms with Gasteiger partial charge in [-0.3, -0.25) is 4.79 Å². The first-order valence-electron chi connectivity index (χ1n) is 4.92. The van der Waals surface area contributed by atoms with Crippen LogP contribution in [-0.4, -0.2) is 18.9 Å². The second-order valence-electron chi connectivity index (χ2n) is 3.79. The fourth-order valence-corrected chi connectivity index (χ4v) is 1.52. The summed E-state index contributed by atoms with van der Waals surface area (Å²) in [5.74, 6) is 0.770. The second kappa shape index (κ2) is 4.45. The predicted molar refractivity (Wildman–Crippen MR) is 60.4 cm³/mol. The van der Waals surface area contributed by atoms with Crippen LogP contribution in [-0.2, 0) is 0 Å². The zero-order chi connectivity index (χ0) is 11.6. The Bertz CT molecular complexity index is 383. The third-order valence-electron chi connectivity index (χ3n) is 2.42. The molecule has 1 rings (SSSR count). The van der Waals surface area contributed by atoms with E-state index in [4.69, 9.17) is 10.5 Å². The van der Waals surface area contributed by atoms with Gasteiger partial charge in [-0.1, -0.05) is 0 Å². The first-order valence-corrected chi connectivity index (χ1v) is 4.92. The fourth-order valence-electron chi connectivity index (χ4n) is 1.52. The number of carbonyl (C=O) groups excluding carboxylic acids is 1. The van der Waals surface area contributed by atoms with Crippen LogP contribution < -0.4 is 10.5 Å². The van der Waals surface area contributed by atoms with Gasteiger partial charge >= 0.3 is 0 Å². The van der Waals surface area contributed by atoms with Crippen LogP contribution in [0.5, 0.6) is 5.75 Å². The number of methoxy groups -OCH3 is 1. The molecule has 1 unspecified atom stereocenters. The van der Waals surface area contributed by atoms with E-state index in [1.165, 1.54) is 0 Å². The normalized spacial score (nSPS) is 12.3. The number of ether oxygens (including phenoxy) is 1. The third-order valence-corrected chi connectivity index (χ3v) is 2.42. The van der Waals surface area contributed by atoms with Gasteiger partial charge in [0, 0.05) is 5.56 Å². The molecule has 3 heteroatoms. The number of aryl methyl sites for hydroxylation is 2. The van der Waals surface area contributed by atoms with Gasteiger partial charge in [-0.05, 0) is 44.0 Å². The average molecular weight is 207 g/mol. The number of Topliss-reactive ketones (excluding diaryl/α,β-unsaturated/α-hetero) is 1. The van der Waals surface area contributed by atoms with Crippen molar-refractivity contribution < 1.29 is 9.53 Å². The molecule has 0 aliphatic carbocycles. The molecule has 1 aromatic carbocycles. The minimum absolute atomic E-state index is 0.0294. The maximum Gasteiger partial charge on any atom is 0.179 e. The topological polar surface area (TPSA) is 52.3 Å². The van der Waals surface area contributed by atoms with E-state index in [2.05, 4.69) is 0 Å². The predicted octanol–water partition coefficient (Wildman–Crippen LogP) is 1.84. The average Bonchev–Trinajstić information content (AvgIpc) is 2.19. The van der Waals surface area contributed by atoms with E-state index in [1.807, 2.05) is 26.0 Å². The highest BCUT2D eigenvalue weighted by atomic mass is 16.5. The lowest BCUT2D eigenvalue weighted by molar-refractivity contribution is 0.0967. The molecule has 2 N–H and O–H groups in total. The first kappa shape index (κ1) is 11.7. The number of benzene rings is 1. The molecule has 0 aliphatic heterocycles. The summed E-state index contributed by atoms with van der Waals surface area (Å²) in [6.45, 7) is 5.50. The quantitative estimate of drug-likeness (QED) is 0.769. The molecule has 0 spiro atoms. The molecule has 15 heavy (non-hydrogen) atoms. The van der Waals surface area contributed by atoms with Gasteiger partial charge in [-0.15, -0.1) is 0 Å². The van der Waals surface area contributed by atoms with Crippen molar-refractivity contribution in [3.05, 3.63) is 28.8 Å². The number of hydrogen-bond donors (Lipinski definition) is 1. The van der Waals surface area contributed by atoms with Gasteiger partial charge in [-0.25, -0.2) is 0 Å². The van der Waals surface area contributed by atoms with E-state index in [1.54, 1.807) is 14.0 Å². The summed E-state index contributed by atoms with van der Waals surface area (Å²) in [5, 5.41) is 0. The van der Waals surface area contributed by atoms with Crippen molar-refractivity contribution in [2.24, 2.45) is 5.73 Å². The summed E-state index contributed by atoms with van der Waals surface area (Å²) < 4.78 is 5.18. The minimum Gasteiger partial charge on any atom is -0.496 e. The van der Waals surface area contributed by atoms with Crippen LogP contribution in [0.2, 0.25) is 0 Å². The second-order valence-corrected chi connectivity index (χ2v) is 3.79. The molecule has 0 fully saturated rings. The third kappa shape index (κ3) is 2.36. The molecule has 0 aromatic heterocycles. The van der Waals surface area contributed by atoms with Crippen LogP contribution in [0.4, 0.5) is 0 Å². The Morgan fingerprint density at radius 2 is 1.93 bits per heavy atom. The van der Waals surface area contributed by atoms with Crippen molar-refractivity contribution in [3.8, 4) is 5.75 Å². The van der Waals surface area contributed by atoms with E-state index in [9.17, 15) is 4.79 Å². The fraction of sp³-hybridized carbons (Fsp3) is 0.417. The summed E-state index contributed by atoms with van der Waals surface area (Å²) in [6, 6.07) is 3.24. The molecule has 0 heterocycles. The first-order chi connectivity index (χ1) is 6.97. The zero-order valence-corrected chi connectivity index (χ0v) is 9.63. The summed E-state index contributed by atoms with van der Waals surface area (Å²) in [4.78, 5) is 11.8. The molecule has 0 aliphatic rings. The van der Waals surface area contributed by atoms with E-state index >= 15 is 0 Å². The van der Waals surface area contributed by atoms with Crippen molar-refractivity contribution in [1.29, 1.82) is 0 Å². The van der Waals surface area contributed by atoms with E-state index in [0.717, 1.165) is 16.9 Å². The molecule has 82 valence electrons. The summed E-state index contributed by atoms with van der Waals surface area (Å²) in [7, 11) is 1.62. The van der Waals surface area contributed by atoms with E-state index in [0.29, 0.717) is 5.56 Å². The van der Waals surface area contributed by atoms with Gasteiger partial charge in [0.15, 0.2) is 5.78 Å². The molecule has 1 aromatic rings. The van der Waals surface area contributed by atoms with Gasteiger partial charge in [0.1, 0.15) is 5.75 Å². The minimum atomic E-state index is -0.462. The standard InChI is InChI=1S/C12H17NO2/c1-7-6-11(15-4)8(2)5-10(7)12(14)9(3)13/h5-6,9H,13H2,1-4H3. The summed E-state index contributed by atoms with van der Waals surface area (Å²) in [6.07, 6.45) is 0. The lowest BCUT2D eigenvalue weighted by Gasteiger charge is -2.12. The molecule has 0 amide bonds. The van der Waals surface area contributed by atoms with Crippen LogP contribution >= 0.6 is 0 Å². The number of ketones is 1. The van der Waals surface area contributed by atoms with Gasteiger partial charge < -0.3 is 10.5 Å². The van der Waals surface area contributed by atoms with E-state index in [-0.39, 0.29) is 5.78 Å². The van der Waals surface area contributed by atoms with Crippen LogP contribution in [0.3, 0.4) is 0 Å². The van der Waals surface area contributed by atoms with Crippen molar-refractivity contribution in [1.82, 2.24) is 0 Å². The Morgan fingerprint density at radius 1 is 1.33 bits per heavy atom. The van der Waals surface area contributed by atoms with Crippen molar-refractivity contribution in [2.45, 2.75) is 26.8 Å². The molecule has 0 saturated carbocycles. The SMILES string of the molecule is COc1cc(C)c(C(=O)C(C)N)cc1C. The molecule has 0 saturated heterocycles. The molecular weight excluding hydrogens is 190 g/mol. The summed E-state index contributed by atoms with van der Waals surface area (Å²) in [5.41, 5.74) is 8.11. The highest BCUT2D eigenvalue weighted by molar-refractivity contribution is 6.01. The maximum atomic E-state index is 11.8. The molecule has 0 bridgehead atoms. The number of hydrogen-bond acceptors (Lipinski definition) is 3. The lowest BCUT2D eigenvalue weighted by atomic mass is 9.98. The van der Waals surface area contributed by atoms with Crippen molar-refractivity contribution >= 4 is 5.78 Å². The Morgan fingerprint density at radius 3 is 2.40 bits per heavy atom. The van der Waals surface area contributed by atoms with Crippen LogP contribution in [0.1, 0.15) is 28.4 Å². The molecule has 1 atom stereocenters. The maximum absolute atomic E-state index is 11.8. The van der Waals surface area contributed by atoms with Crippen LogP contribution in [0, 0.1) is 13.8 Å². The number of rotatable bonds is 3. The van der Waals surface area contributed by atoms with Gasteiger partial charge in [0.05, 0.1) is 13.2 Å². The van der Waals surface area contributed by atoms with Crippen LogP contribution in [0.25, 0.3) is 0 Å². The Labute approximate surface area is 90.2 Å². The Balaban J connectivity index is 3.22. The highest BCUT2D eigenvalue weighted by Gasteiger charge is 2.15. The largest absolute Gasteiger partial charge is 0.496 e. The lowest BCUT2D eigenvalue weighted by Crippen LogP contribution is -2.27. The molecule has 3 nitrogen and oxygen atoms in total. The Kier molecular flexibility index (Phi) is 3.48. The number of nitrogens with two attached hydrogens (primary N) is 1. The van der Waals surface area contributed by atoms with Gasteiger partial charge in [-0.2, -0.15) is 0 Å².